The van der Waals surface area contributed by atoms with Crippen molar-refractivity contribution >= 4 is 23.2 Å². The number of nitrogens with zero attached hydrogens (tertiary/aromatic N) is 3. The van der Waals surface area contributed by atoms with E-state index in [1.165, 1.54) is 4.68 Å². The molecule has 2 amide bonds. The summed E-state index contributed by atoms with van der Waals surface area (Å²) in [5, 5.41) is 9.90. The minimum absolute atomic E-state index is 0.153. The van der Waals surface area contributed by atoms with Crippen molar-refractivity contribution in [3.63, 3.8) is 0 Å². The lowest BCUT2D eigenvalue weighted by Crippen LogP contribution is -2.30. The third kappa shape index (κ3) is 4.48. The standard InChI is InChI=1S/C22H23N5O3/c28-20(15-27-22(30)26-13-6-2-5-12-19(26)25-27)23-17-10-7-11-18(14-17)24-21(29)16-8-3-1-4-9-16/h1,3-4,7-11,14H,2,5-6,12-13,15H2,(H,23,28)(H,24,29). The number of fused-ring (bicyclic) bond motifs is 1. The van der Waals surface area contributed by atoms with Gasteiger partial charge in [-0.2, -0.15) is 5.10 Å². The molecule has 1 aliphatic heterocycles. The Kier molecular flexibility index (Phi) is 5.74. The van der Waals surface area contributed by atoms with Crippen LogP contribution in [0.5, 0.6) is 0 Å². The summed E-state index contributed by atoms with van der Waals surface area (Å²) in [5.41, 5.74) is 1.39. The van der Waals surface area contributed by atoms with Gasteiger partial charge in [0.2, 0.25) is 5.91 Å². The fourth-order valence-corrected chi connectivity index (χ4v) is 3.53. The fraction of sp³-hybridized carbons (Fsp3) is 0.273. The molecule has 2 heterocycles. The number of hydrogen-bond donors (Lipinski definition) is 2. The molecule has 0 saturated carbocycles. The van der Waals surface area contributed by atoms with Gasteiger partial charge in [-0.05, 0) is 43.2 Å². The number of aromatic nitrogens is 3. The summed E-state index contributed by atoms with van der Waals surface area (Å²) in [4.78, 5) is 37.3. The lowest BCUT2D eigenvalue weighted by Gasteiger charge is -2.09. The van der Waals surface area contributed by atoms with Crippen LogP contribution >= 0.6 is 0 Å². The highest BCUT2D eigenvalue weighted by Gasteiger charge is 2.17. The van der Waals surface area contributed by atoms with Crippen molar-refractivity contribution in [1.29, 1.82) is 0 Å². The molecule has 0 radical (unpaired) electrons. The van der Waals surface area contributed by atoms with Crippen LogP contribution < -0.4 is 16.3 Å². The maximum Gasteiger partial charge on any atom is 0.346 e. The highest BCUT2D eigenvalue weighted by Crippen LogP contribution is 2.16. The van der Waals surface area contributed by atoms with Gasteiger partial charge in [0.15, 0.2) is 0 Å². The lowest BCUT2D eigenvalue weighted by atomic mass is 10.2. The van der Waals surface area contributed by atoms with Crippen molar-refractivity contribution in [3.05, 3.63) is 76.5 Å². The summed E-state index contributed by atoms with van der Waals surface area (Å²) in [7, 11) is 0. The van der Waals surface area contributed by atoms with Crippen molar-refractivity contribution in [1.82, 2.24) is 14.3 Å². The van der Waals surface area contributed by atoms with Gasteiger partial charge >= 0.3 is 5.69 Å². The van der Waals surface area contributed by atoms with Crippen molar-refractivity contribution in [2.45, 2.75) is 38.8 Å². The quantitative estimate of drug-likeness (QED) is 0.682. The van der Waals surface area contributed by atoms with Gasteiger partial charge in [0.05, 0.1) is 0 Å². The Bertz CT molecular complexity index is 1120. The summed E-state index contributed by atoms with van der Waals surface area (Å²) in [6.45, 7) is 0.498. The molecule has 0 saturated heterocycles. The average Bonchev–Trinajstić information content (AvgIpc) is 2.91. The first-order chi connectivity index (χ1) is 14.6. The van der Waals surface area contributed by atoms with E-state index in [0.717, 1.165) is 31.5 Å². The van der Waals surface area contributed by atoms with Crippen molar-refractivity contribution < 1.29 is 9.59 Å². The zero-order valence-corrected chi connectivity index (χ0v) is 16.5. The molecule has 8 heteroatoms. The van der Waals surface area contributed by atoms with Gasteiger partial charge in [0, 0.05) is 29.9 Å². The topological polar surface area (TPSA) is 98.0 Å². The van der Waals surface area contributed by atoms with Crippen LogP contribution in [0.3, 0.4) is 0 Å². The van der Waals surface area contributed by atoms with Crippen LogP contribution in [0.2, 0.25) is 0 Å². The van der Waals surface area contributed by atoms with Crippen molar-refractivity contribution in [2.24, 2.45) is 0 Å². The number of benzene rings is 2. The number of carbonyl (C=O) groups is 2. The molecule has 1 aromatic heterocycles. The van der Waals surface area contributed by atoms with Crippen molar-refractivity contribution in [3.8, 4) is 0 Å². The van der Waals surface area contributed by atoms with Crippen LogP contribution in [0.4, 0.5) is 11.4 Å². The maximum absolute atomic E-state index is 12.5. The number of rotatable bonds is 5. The smallest absolute Gasteiger partial charge is 0.324 e. The molecule has 4 rings (SSSR count). The monoisotopic (exact) mass is 405 g/mol. The zero-order chi connectivity index (χ0) is 20.9. The lowest BCUT2D eigenvalue weighted by molar-refractivity contribution is -0.117. The van der Waals surface area contributed by atoms with Crippen molar-refractivity contribution in [2.75, 3.05) is 10.6 Å². The molecule has 0 bridgehead atoms. The van der Waals surface area contributed by atoms with E-state index in [1.54, 1.807) is 53.1 Å². The first-order valence-electron chi connectivity index (χ1n) is 10.0. The Hall–Kier alpha value is -3.68. The molecule has 1 aliphatic rings. The van der Waals surface area contributed by atoms with Gasteiger partial charge in [-0.3, -0.25) is 14.2 Å². The van der Waals surface area contributed by atoms with E-state index in [1.807, 2.05) is 6.07 Å². The molecule has 3 aromatic rings. The Morgan fingerprint density at radius 3 is 2.50 bits per heavy atom. The SMILES string of the molecule is O=C(Cn1nc2n(c1=O)CCCCC2)Nc1cccc(NC(=O)c2ccccc2)c1. The Labute approximate surface area is 173 Å². The number of hydrogen-bond acceptors (Lipinski definition) is 4. The summed E-state index contributed by atoms with van der Waals surface area (Å²) in [5.74, 6) is 0.165. The number of anilines is 2. The predicted octanol–water partition coefficient (Wildman–Crippen LogP) is 2.66. The van der Waals surface area contributed by atoms with Gasteiger partial charge in [0.25, 0.3) is 5.91 Å². The van der Waals surface area contributed by atoms with E-state index in [9.17, 15) is 14.4 Å². The normalized spacial score (nSPS) is 13.2. The van der Waals surface area contributed by atoms with E-state index < -0.39 is 0 Å². The van der Waals surface area contributed by atoms with Gasteiger partial charge in [-0.25, -0.2) is 9.48 Å². The minimum atomic E-state index is -0.350. The molecule has 0 aliphatic carbocycles. The average molecular weight is 405 g/mol. The van der Waals surface area contributed by atoms with Gasteiger partial charge in [0.1, 0.15) is 12.4 Å². The number of aryl methyl sites for hydroxylation is 1. The first kappa shape index (κ1) is 19.6. The van der Waals surface area contributed by atoms with E-state index in [4.69, 9.17) is 0 Å². The molecule has 154 valence electrons. The van der Waals surface area contributed by atoms with Gasteiger partial charge in [-0.1, -0.05) is 30.7 Å². The zero-order valence-electron chi connectivity index (χ0n) is 16.5. The second kappa shape index (κ2) is 8.77. The minimum Gasteiger partial charge on any atom is -0.324 e. The van der Waals surface area contributed by atoms with E-state index in [2.05, 4.69) is 15.7 Å². The molecule has 0 unspecified atom stereocenters. The first-order valence-corrected chi connectivity index (χ1v) is 10.0. The molecule has 8 nitrogen and oxygen atoms in total. The molecule has 2 N–H and O–H groups in total. The highest BCUT2D eigenvalue weighted by molar-refractivity contribution is 6.04. The molecule has 30 heavy (non-hydrogen) atoms. The van der Waals surface area contributed by atoms with Crippen LogP contribution in [-0.4, -0.2) is 26.2 Å². The molecule has 0 fully saturated rings. The van der Waals surface area contributed by atoms with E-state index in [-0.39, 0.29) is 24.0 Å². The van der Waals surface area contributed by atoms with Crippen LogP contribution in [0.25, 0.3) is 0 Å². The van der Waals surface area contributed by atoms with Crippen LogP contribution in [-0.2, 0) is 24.3 Å². The summed E-state index contributed by atoms with van der Waals surface area (Å²) >= 11 is 0. The number of amides is 2. The second-order valence-electron chi connectivity index (χ2n) is 7.27. The number of nitrogens with one attached hydrogen (secondary N) is 2. The summed E-state index contributed by atoms with van der Waals surface area (Å²) < 4.78 is 2.89. The van der Waals surface area contributed by atoms with E-state index >= 15 is 0 Å². The predicted molar refractivity (Wildman–Crippen MR) is 114 cm³/mol. The third-order valence-corrected chi connectivity index (χ3v) is 5.02. The summed E-state index contributed by atoms with van der Waals surface area (Å²) in [6, 6.07) is 15.8. The summed E-state index contributed by atoms with van der Waals surface area (Å²) in [6.07, 6.45) is 3.80. The van der Waals surface area contributed by atoms with Gasteiger partial charge < -0.3 is 10.6 Å². The Balaban J connectivity index is 1.41. The highest BCUT2D eigenvalue weighted by atomic mass is 16.2. The van der Waals surface area contributed by atoms with Crippen LogP contribution in [0.15, 0.2) is 59.4 Å². The van der Waals surface area contributed by atoms with Crippen LogP contribution in [0.1, 0.15) is 35.4 Å². The largest absolute Gasteiger partial charge is 0.346 e. The van der Waals surface area contributed by atoms with Crippen LogP contribution in [0, 0.1) is 0 Å². The molecule has 0 spiro atoms. The molecular formula is C22H23N5O3. The van der Waals surface area contributed by atoms with Gasteiger partial charge in [-0.15, -0.1) is 0 Å². The van der Waals surface area contributed by atoms with E-state index in [0.29, 0.717) is 23.5 Å². The molecule has 2 aromatic carbocycles. The number of carbonyl (C=O) groups excluding carboxylic acids is 2. The molecule has 0 atom stereocenters. The Morgan fingerprint density at radius 1 is 0.933 bits per heavy atom. The second-order valence-corrected chi connectivity index (χ2v) is 7.27. The maximum atomic E-state index is 12.5. The third-order valence-electron chi connectivity index (χ3n) is 5.02. The molecular weight excluding hydrogens is 382 g/mol. The fourth-order valence-electron chi connectivity index (χ4n) is 3.53. The Morgan fingerprint density at radius 2 is 1.70 bits per heavy atom.